The maximum atomic E-state index is 11.1. The number of carboxylic acid groups (broad SMARTS) is 1. The molecule has 0 bridgehead atoms. The Balaban J connectivity index is 2.33. The number of methoxy groups -OCH3 is 1. The van der Waals surface area contributed by atoms with Gasteiger partial charge < -0.3 is 14.8 Å². The predicted octanol–water partition coefficient (Wildman–Crippen LogP) is 3.43. The van der Waals surface area contributed by atoms with E-state index in [1.54, 1.807) is 13.3 Å². The number of aliphatic carboxylic acids is 1. The average molecular weight is 339 g/mol. The molecule has 0 radical (unpaired) electrons. The first kappa shape index (κ1) is 14.6. The average Bonchev–Trinajstić information content (AvgIpc) is 2.88. The summed E-state index contributed by atoms with van der Waals surface area (Å²) in [5.74, 6) is -0.262. The first-order valence-corrected chi connectivity index (χ1v) is 6.97. The van der Waals surface area contributed by atoms with Crippen LogP contribution in [0.3, 0.4) is 0 Å². The smallest absolute Gasteiger partial charge is 0.314 e. The maximum absolute atomic E-state index is 11.1. The molecule has 20 heavy (non-hydrogen) atoms. The van der Waals surface area contributed by atoms with Gasteiger partial charge in [0.2, 0.25) is 0 Å². The topological polar surface area (TPSA) is 75.2 Å². The van der Waals surface area contributed by atoms with E-state index in [4.69, 9.17) is 9.84 Å². The molecule has 2 N–H and O–H groups in total. The quantitative estimate of drug-likeness (QED) is 0.875. The number of nitrogens with zero attached hydrogens (tertiary/aromatic N) is 1. The molecule has 0 saturated heterocycles. The van der Waals surface area contributed by atoms with Crippen LogP contribution in [0.4, 0.5) is 0 Å². The van der Waals surface area contributed by atoms with Gasteiger partial charge in [-0.1, -0.05) is 6.92 Å². The molecule has 2 rings (SSSR count). The van der Waals surface area contributed by atoms with Crippen molar-refractivity contribution < 1.29 is 14.6 Å². The van der Waals surface area contributed by atoms with Crippen LogP contribution in [0.25, 0.3) is 11.3 Å². The molecule has 0 aliphatic rings. The molecule has 0 aliphatic carbocycles. The molecule has 1 aromatic heterocycles. The standard InChI is InChI=1S/C14H15BrN2O3/c1-3-9(14(18)19)13-16-7-11(17-13)8-4-5-12(20-2)10(15)6-8/h4-7,9H,3H2,1-2H3,(H,16,17)(H,18,19). The largest absolute Gasteiger partial charge is 0.496 e. The Morgan fingerprint density at radius 2 is 2.30 bits per heavy atom. The number of benzene rings is 1. The summed E-state index contributed by atoms with van der Waals surface area (Å²) in [6.45, 7) is 1.82. The number of hydrogen-bond donors (Lipinski definition) is 2. The van der Waals surface area contributed by atoms with Gasteiger partial charge in [0, 0.05) is 5.56 Å². The van der Waals surface area contributed by atoms with E-state index in [9.17, 15) is 4.79 Å². The number of rotatable bonds is 5. The minimum absolute atomic E-state index is 0.474. The Morgan fingerprint density at radius 3 is 2.85 bits per heavy atom. The van der Waals surface area contributed by atoms with E-state index in [-0.39, 0.29) is 0 Å². The van der Waals surface area contributed by atoms with Crippen LogP contribution in [0.1, 0.15) is 25.1 Å². The summed E-state index contributed by atoms with van der Waals surface area (Å²) in [4.78, 5) is 18.4. The van der Waals surface area contributed by atoms with Crippen LogP contribution >= 0.6 is 15.9 Å². The number of halogens is 1. The van der Waals surface area contributed by atoms with E-state index < -0.39 is 11.9 Å². The fraction of sp³-hybridized carbons (Fsp3) is 0.286. The second-order valence-electron chi connectivity index (χ2n) is 4.33. The third-order valence-corrected chi connectivity index (χ3v) is 3.71. The first-order chi connectivity index (χ1) is 9.56. The van der Waals surface area contributed by atoms with Crippen LogP contribution in [0.5, 0.6) is 5.75 Å². The molecule has 1 atom stereocenters. The van der Waals surface area contributed by atoms with Crippen LogP contribution in [-0.2, 0) is 4.79 Å². The minimum Gasteiger partial charge on any atom is -0.496 e. The predicted molar refractivity (Wildman–Crippen MR) is 78.9 cm³/mol. The zero-order chi connectivity index (χ0) is 14.7. The minimum atomic E-state index is -0.871. The second kappa shape index (κ2) is 6.09. The third kappa shape index (κ3) is 2.85. The molecule has 0 spiro atoms. The van der Waals surface area contributed by atoms with Crippen molar-refractivity contribution in [1.29, 1.82) is 0 Å². The second-order valence-corrected chi connectivity index (χ2v) is 5.18. The summed E-state index contributed by atoms with van der Waals surface area (Å²) in [5, 5.41) is 9.13. The van der Waals surface area contributed by atoms with E-state index in [2.05, 4.69) is 25.9 Å². The number of aromatic amines is 1. The third-order valence-electron chi connectivity index (χ3n) is 3.09. The number of imidazole rings is 1. The molecular weight excluding hydrogens is 324 g/mol. The fourth-order valence-corrected chi connectivity index (χ4v) is 2.52. The monoisotopic (exact) mass is 338 g/mol. The van der Waals surface area contributed by atoms with Crippen LogP contribution in [0.15, 0.2) is 28.9 Å². The van der Waals surface area contributed by atoms with Gasteiger partial charge in [-0.05, 0) is 40.5 Å². The molecule has 0 aliphatic heterocycles. The number of carboxylic acids is 1. The fourth-order valence-electron chi connectivity index (χ4n) is 1.98. The van der Waals surface area contributed by atoms with Crippen molar-refractivity contribution >= 4 is 21.9 Å². The van der Waals surface area contributed by atoms with Gasteiger partial charge in [-0.25, -0.2) is 4.98 Å². The van der Waals surface area contributed by atoms with Gasteiger partial charge in [0.25, 0.3) is 0 Å². The molecule has 5 nitrogen and oxygen atoms in total. The van der Waals surface area contributed by atoms with Crippen molar-refractivity contribution in [3.8, 4) is 17.0 Å². The first-order valence-electron chi connectivity index (χ1n) is 6.18. The van der Waals surface area contributed by atoms with Crippen molar-refractivity contribution in [3.63, 3.8) is 0 Å². The molecule has 1 aromatic carbocycles. The highest BCUT2D eigenvalue weighted by molar-refractivity contribution is 9.10. The summed E-state index contributed by atoms with van der Waals surface area (Å²) >= 11 is 3.42. The lowest BCUT2D eigenvalue weighted by Crippen LogP contribution is -2.11. The Labute approximate surface area is 125 Å². The van der Waals surface area contributed by atoms with Crippen molar-refractivity contribution in [2.24, 2.45) is 0 Å². The van der Waals surface area contributed by atoms with Crippen molar-refractivity contribution in [2.45, 2.75) is 19.3 Å². The molecule has 0 saturated carbocycles. The molecule has 106 valence electrons. The van der Waals surface area contributed by atoms with Gasteiger partial charge in [0.05, 0.1) is 23.5 Å². The van der Waals surface area contributed by atoms with Crippen LogP contribution in [0, 0.1) is 0 Å². The summed E-state index contributed by atoms with van der Waals surface area (Å²) in [5.41, 5.74) is 1.69. The summed E-state index contributed by atoms with van der Waals surface area (Å²) in [6.07, 6.45) is 2.14. The van der Waals surface area contributed by atoms with Crippen LogP contribution < -0.4 is 4.74 Å². The molecule has 6 heteroatoms. The zero-order valence-corrected chi connectivity index (χ0v) is 12.8. The van der Waals surface area contributed by atoms with E-state index in [1.807, 2.05) is 25.1 Å². The van der Waals surface area contributed by atoms with E-state index in [0.717, 1.165) is 21.5 Å². The number of H-pyrrole nitrogens is 1. The molecule has 0 amide bonds. The highest BCUT2D eigenvalue weighted by Gasteiger charge is 2.21. The van der Waals surface area contributed by atoms with Crippen molar-refractivity contribution in [2.75, 3.05) is 7.11 Å². The van der Waals surface area contributed by atoms with Gasteiger partial charge in [-0.3, -0.25) is 4.79 Å². The zero-order valence-electron chi connectivity index (χ0n) is 11.2. The summed E-state index contributed by atoms with van der Waals surface area (Å²) < 4.78 is 6.01. The number of ether oxygens (including phenoxy) is 1. The molecule has 1 heterocycles. The molecular formula is C14H15BrN2O3. The van der Waals surface area contributed by atoms with Gasteiger partial charge in [-0.15, -0.1) is 0 Å². The maximum Gasteiger partial charge on any atom is 0.314 e. The lowest BCUT2D eigenvalue weighted by Gasteiger charge is -2.06. The Kier molecular flexibility index (Phi) is 4.44. The van der Waals surface area contributed by atoms with Gasteiger partial charge in [0.15, 0.2) is 0 Å². The van der Waals surface area contributed by atoms with Crippen molar-refractivity contribution in [3.05, 3.63) is 34.7 Å². The Hall–Kier alpha value is -1.82. The summed E-state index contributed by atoms with van der Waals surface area (Å²) in [6, 6.07) is 5.63. The Bertz CT molecular complexity index is 625. The number of aromatic nitrogens is 2. The number of carbonyl (C=O) groups is 1. The molecule has 2 aromatic rings. The summed E-state index contributed by atoms with van der Waals surface area (Å²) in [7, 11) is 1.60. The van der Waals surface area contributed by atoms with Gasteiger partial charge >= 0.3 is 5.97 Å². The SMILES string of the molecule is CCC(C(=O)O)c1ncc(-c2ccc(OC)c(Br)c2)[nH]1. The van der Waals surface area contributed by atoms with E-state index in [1.165, 1.54) is 0 Å². The molecule has 0 fully saturated rings. The van der Waals surface area contributed by atoms with Crippen molar-refractivity contribution in [1.82, 2.24) is 9.97 Å². The van der Waals surface area contributed by atoms with Gasteiger partial charge in [0.1, 0.15) is 17.5 Å². The van der Waals surface area contributed by atoms with Gasteiger partial charge in [-0.2, -0.15) is 0 Å². The lowest BCUT2D eigenvalue weighted by atomic mass is 10.1. The lowest BCUT2D eigenvalue weighted by molar-refractivity contribution is -0.139. The van der Waals surface area contributed by atoms with Crippen LogP contribution in [0.2, 0.25) is 0 Å². The Morgan fingerprint density at radius 1 is 1.55 bits per heavy atom. The highest BCUT2D eigenvalue weighted by atomic mass is 79.9. The van der Waals surface area contributed by atoms with Crippen LogP contribution in [-0.4, -0.2) is 28.2 Å². The highest BCUT2D eigenvalue weighted by Crippen LogP contribution is 2.30. The molecule has 1 unspecified atom stereocenters. The van der Waals surface area contributed by atoms with E-state index >= 15 is 0 Å². The number of hydrogen-bond acceptors (Lipinski definition) is 3. The number of nitrogens with one attached hydrogen (secondary N) is 1. The normalized spacial score (nSPS) is 12.2. The van der Waals surface area contributed by atoms with E-state index in [0.29, 0.717) is 12.2 Å².